The molecule has 0 saturated carbocycles. The zero-order valence-electron chi connectivity index (χ0n) is 16.2. The van der Waals surface area contributed by atoms with Crippen molar-refractivity contribution in [3.8, 4) is 5.69 Å². The first-order valence-corrected chi connectivity index (χ1v) is 10.5. The Kier molecular flexibility index (Phi) is 5.44. The van der Waals surface area contributed by atoms with Crippen molar-refractivity contribution in [1.82, 2.24) is 9.55 Å². The molecule has 0 aliphatic heterocycles. The van der Waals surface area contributed by atoms with E-state index >= 15 is 0 Å². The summed E-state index contributed by atoms with van der Waals surface area (Å²) in [5.74, 6) is -6.08. The van der Waals surface area contributed by atoms with E-state index in [4.69, 9.17) is 0 Å². The van der Waals surface area contributed by atoms with Crippen LogP contribution < -0.4 is 16.2 Å². The maximum atomic E-state index is 14.6. The van der Waals surface area contributed by atoms with Crippen molar-refractivity contribution in [3.63, 3.8) is 0 Å². The molecule has 1 aromatic heterocycles. The fourth-order valence-electron chi connectivity index (χ4n) is 3.39. The van der Waals surface area contributed by atoms with Gasteiger partial charge in [0.2, 0.25) is 0 Å². The molecule has 0 unspecified atom stereocenters. The first-order valence-electron chi connectivity index (χ1n) is 9.18. The van der Waals surface area contributed by atoms with Crippen LogP contribution in [0.2, 0.25) is 0 Å². The van der Waals surface area contributed by atoms with Crippen molar-refractivity contribution in [2.75, 3.05) is 0 Å². The minimum Gasteiger partial charge on any atom is -0.294 e. The van der Waals surface area contributed by atoms with Gasteiger partial charge in [-0.15, -0.1) is 0 Å². The number of rotatable bonds is 4. The van der Waals surface area contributed by atoms with E-state index in [1.165, 1.54) is 17.0 Å². The highest BCUT2D eigenvalue weighted by molar-refractivity contribution is 7.79. The highest BCUT2D eigenvalue weighted by atomic mass is 31.1. The fraction of sp³-hybridized carbons (Fsp3) is 0.0870. The van der Waals surface area contributed by atoms with Gasteiger partial charge in [0, 0.05) is 26.4 Å². The summed E-state index contributed by atoms with van der Waals surface area (Å²) >= 11 is 0. The van der Waals surface area contributed by atoms with Gasteiger partial charge in [-0.2, -0.15) is 0 Å². The monoisotopic (exact) mass is 428 g/mol. The SMILES string of the molecule is Cc1ccccc1P(c1ccccc1C)c1nccn1-c1c(F)cc(F)c(F)c1F. The van der Waals surface area contributed by atoms with Crippen molar-refractivity contribution in [1.29, 1.82) is 0 Å². The Hall–Kier alpha value is -2.98. The van der Waals surface area contributed by atoms with Crippen molar-refractivity contribution in [2.24, 2.45) is 0 Å². The molecule has 3 aromatic carbocycles. The van der Waals surface area contributed by atoms with Crippen LogP contribution in [0.5, 0.6) is 0 Å². The van der Waals surface area contributed by atoms with Gasteiger partial charge in [0.1, 0.15) is 11.3 Å². The molecule has 0 spiro atoms. The molecule has 1 heterocycles. The summed E-state index contributed by atoms with van der Waals surface area (Å²) in [5.41, 5.74) is 1.66. The van der Waals surface area contributed by atoms with Gasteiger partial charge in [-0.3, -0.25) is 4.57 Å². The molecule has 0 atom stereocenters. The molecule has 4 aromatic rings. The summed E-state index contributed by atoms with van der Waals surface area (Å²) in [6.45, 7) is 3.91. The van der Waals surface area contributed by atoms with E-state index in [2.05, 4.69) is 4.98 Å². The van der Waals surface area contributed by atoms with E-state index in [9.17, 15) is 17.6 Å². The van der Waals surface area contributed by atoms with Gasteiger partial charge >= 0.3 is 0 Å². The van der Waals surface area contributed by atoms with Crippen LogP contribution in [0.1, 0.15) is 11.1 Å². The average molecular weight is 428 g/mol. The average Bonchev–Trinajstić information content (AvgIpc) is 3.18. The molecular weight excluding hydrogens is 411 g/mol. The molecule has 0 aliphatic carbocycles. The summed E-state index contributed by atoms with van der Waals surface area (Å²) in [6.07, 6.45) is 2.77. The van der Waals surface area contributed by atoms with Crippen molar-refractivity contribution < 1.29 is 17.6 Å². The molecule has 7 heteroatoms. The van der Waals surface area contributed by atoms with Crippen molar-refractivity contribution in [2.45, 2.75) is 13.8 Å². The van der Waals surface area contributed by atoms with Crippen LogP contribution in [0.3, 0.4) is 0 Å². The van der Waals surface area contributed by atoms with Crippen LogP contribution in [-0.4, -0.2) is 9.55 Å². The number of halogens is 4. The Morgan fingerprint density at radius 2 is 1.33 bits per heavy atom. The van der Waals surface area contributed by atoms with Crippen molar-refractivity contribution >= 4 is 24.1 Å². The maximum Gasteiger partial charge on any atom is 0.196 e. The van der Waals surface area contributed by atoms with Crippen LogP contribution in [0, 0.1) is 37.1 Å². The van der Waals surface area contributed by atoms with Gasteiger partial charge < -0.3 is 0 Å². The van der Waals surface area contributed by atoms with E-state index in [0.717, 1.165) is 21.7 Å². The lowest BCUT2D eigenvalue weighted by Gasteiger charge is -2.23. The highest BCUT2D eigenvalue weighted by Gasteiger charge is 2.28. The third kappa shape index (κ3) is 3.41. The van der Waals surface area contributed by atoms with E-state index in [-0.39, 0.29) is 0 Å². The Bertz CT molecular complexity index is 1190. The molecule has 30 heavy (non-hydrogen) atoms. The van der Waals surface area contributed by atoms with Crippen molar-refractivity contribution in [3.05, 3.63) is 101 Å². The fourth-order valence-corrected chi connectivity index (χ4v) is 5.97. The topological polar surface area (TPSA) is 17.8 Å². The zero-order valence-corrected chi connectivity index (χ0v) is 17.1. The first kappa shape index (κ1) is 20.3. The molecule has 0 aliphatic rings. The number of nitrogens with zero attached hydrogens (tertiary/aromatic N) is 2. The molecule has 0 radical (unpaired) electrons. The summed E-state index contributed by atoms with van der Waals surface area (Å²) in [4.78, 5) is 4.40. The molecule has 0 fully saturated rings. The third-order valence-electron chi connectivity index (χ3n) is 4.86. The van der Waals surface area contributed by atoms with Gasteiger partial charge in [-0.25, -0.2) is 22.5 Å². The summed E-state index contributed by atoms with van der Waals surface area (Å²) in [5, 5.41) is 1.91. The lowest BCUT2D eigenvalue weighted by Crippen LogP contribution is -2.30. The van der Waals surface area contributed by atoms with E-state index < -0.39 is 36.9 Å². The molecule has 152 valence electrons. The van der Waals surface area contributed by atoms with Gasteiger partial charge in [0.05, 0.1) is 0 Å². The van der Waals surface area contributed by atoms with Gasteiger partial charge in [0.25, 0.3) is 0 Å². The number of hydrogen-bond donors (Lipinski definition) is 0. The number of hydrogen-bond acceptors (Lipinski definition) is 1. The van der Waals surface area contributed by atoms with Gasteiger partial charge in [-0.1, -0.05) is 48.5 Å². The Morgan fingerprint density at radius 3 is 1.90 bits per heavy atom. The van der Waals surface area contributed by atoms with E-state index in [1.54, 1.807) is 0 Å². The Morgan fingerprint density at radius 1 is 0.767 bits per heavy atom. The molecule has 0 N–H and O–H groups in total. The number of aromatic nitrogens is 2. The predicted octanol–water partition coefficient (Wildman–Crippen LogP) is 4.80. The maximum absolute atomic E-state index is 14.6. The Balaban J connectivity index is 2.01. The van der Waals surface area contributed by atoms with Crippen LogP contribution in [-0.2, 0) is 0 Å². The van der Waals surface area contributed by atoms with Gasteiger partial charge in [-0.05, 0) is 35.6 Å². The lowest BCUT2D eigenvalue weighted by atomic mass is 10.2. The summed E-state index contributed by atoms with van der Waals surface area (Å²) in [6, 6.07) is 15.8. The second kappa shape index (κ2) is 8.04. The smallest absolute Gasteiger partial charge is 0.196 e. The minimum atomic E-state index is -1.72. The number of aryl methyl sites for hydroxylation is 2. The molecule has 0 bridgehead atoms. The zero-order chi connectivity index (χ0) is 21.4. The summed E-state index contributed by atoms with van der Waals surface area (Å²) in [7, 11) is -1.33. The minimum absolute atomic E-state index is 0.349. The molecule has 4 rings (SSSR count). The number of imidazole rings is 1. The molecule has 0 saturated heterocycles. The standard InChI is InChI=1S/C23H17F4N2P/c1-14-7-3-5-9-18(14)30(19-10-6-4-8-15(19)2)23-28-11-12-29(23)22-17(25)13-16(24)20(26)21(22)27/h3-13H,1-2H3. The van der Waals surface area contributed by atoms with Crippen LogP contribution >= 0.6 is 7.92 Å². The van der Waals surface area contributed by atoms with Crippen LogP contribution in [0.25, 0.3) is 5.69 Å². The predicted molar refractivity (Wildman–Crippen MR) is 112 cm³/mol. The van der Waals surface area contributed by atoms with Crippen LogP contribution in [0.4, 0.5) is 17.6 Å². The largest absolute Gasteiger partial charge is 0.294 e. The summed E-state index contributed by atoms with van der Waals surface area (Å²) < 4.78 is 57.8. The highest BCUT2D eigenvalue weighted by Crippen LogP contribution is 2.36. The Labute approximate surface area is 172 Å². The van der Waals surface area contributed by atoms with Crippen LogP contribution in [0.15, 0.2) is 67.0 Å². The second-order valence-corrected chi connectivity index (χ2v) is 8.86. The first-order chi connectivity index (χ1) is 14.4. The quantitative estimate of drug-likeness (QED) is 0.198. The third-order valence-corrected chi connectivity index (χ3v) is 7.56. The molecular formula is C23H17F4N2P. The number of benzene rings is 3. The van der Waals surface area contributed by atoms with Gasteiger partial charge in [0.15, 0.2) is 23.3 Å². The van der Waals surface area contributed by atoms with E-state index in [1.807, 2.05) is 62.4 Å². The normalized spacial score (nSPS) is 11.3. The van der Waals surface area contributed by atoms with E-state index in [0.29, 0.717) is 11.6 Å². The molecule has 2 nitrogen and oxygen atoms in total. The lowest BCUT2D eigenvalue weighted by molar-refractivity contribution is 0.431. The second-order valence-electron chi connectivity index (χ2n) is 6.82. The molecule has 0 amide bonds.